The zero-order valence-electron chi connectivity index (χ0n) is 10.5. The summed E-state index contributed by atoms with van der Waals surface area (Å²) in [4.78, 5) is 14.9. The third kappa shape index (κ3) is 3.62. The van der Waals surface area contributed by atoms with Gasteiger partial charge in [-0.15, -0.1) is 11.8 Å². The van der Waals surface area contributed by atoms with Crippen LogP contribution in [-0.2, 0) is 9.53 Å². The second-order valence-corrected chi connectivity index (χ2v) is 4.92. The summed E-state index contributed by atoms with van der Waals surface area (Å²) in [5.74, 6) is 0.0623. The van der Waals surface area contributed by atoms with Gasteiger partial charge in [-0.1, -0.05) is 12.1 Å². The number of thioether (sulfide) groups is 1. The third-order valence-corrected chi connectivity index (χ3v) is 3.60. The van der Waals surface area contributed by atoms with E-state index in [9.17, 15) is 4.79 Å². The van der Waals surface area contributed by atoms with E-state index in [1.54, 1.807) is 17.8 Å². The van der Waals surface area contributed by atoms with Crippen molar-refractivity contribution in [2.45, 2.75) is 4.90 Å². The summed E-state index contributed by atoms with van der Waals surface area (Å²) in [6.07, 6.45) is 5.55. The van der Waals surface area contributed by atoms with E-state index in [2.05, 4.69) is 12.1 Å². The highest BCUT2D eigenvalue weighted by Gasteiger charge is 2.13. The molecule has 0 radical (unpaired) electrons. The molecule has 0 bridgehead atoms. The van der Waals surface area contributed by atoms with Gasteiger partial charge in [0.05, 0.1) is 13.2 Å². The molecule has 1 amide bonds. The number of hydrogen-bond donors (Lipinski definition) is 0. The van der Waals surface area contributed by atoms with Gasteiger partial charge < -0.3 is 9.64 Å². The van der Waals surface area contributed by atoms with Gasteiger partial charge in [-0.3, -0.25) is 4.79 Å². The summed E-state index contributed by atoms with van der Waals surface area (Å²) in [7, 11) is 0. The van der Waals surface area contributed by atoms with Gasteiger partial charge in [0.1, 0.15) is 0 Å². The summed E-state index contributed by atoms with van der Waals surface area (Å²) < 4.78 is 5.22. The van der Waals surface area contributed by atoms with Crippen LogP contribution < -0.4 is 0 Å². The monoisotopic (exact) mass is 263 g/mol. The van der Waals surface area contributed by atoms with Crippen molar-refractivity contribution in [2.75, 3.05) is 32.6 Å². The Bertz CT molecular complexity index is 422. The molecule has 1 fully saturated rings. The minimum Gasteiger partial charge on any atom is -0.378 e. The normalized spacial score (nSPS) is 16.2. The molecule has 0 saturated carbocycles. The molecule has 1 heterocycles. The first kappa shape index (κ1) is 13.2. The summed E-state index contributed by atoms with van der Waals surface area (Å²) in [5.41, 5.74) is 1.05. The highest BCUT2D eigenvalue weighted by Crippen LogP contribution is 2.15. The Morgan fingerprint density at radius 3 is 2.56 bits per heavy atom. The van der Waals surface area contributed by atoms with E-state index in [0.717, 1.165) is 5.56 Å². The molecule has 1 aliphatic heterocycles. The van der Waals surface area contributed by atoms with Gasteiger partial charge in [-0.25, -0.2) is 0 Å². The molecular formula is C14H17NO2S. The van der Waals surface area contributed by atoms with Gasteiger partial charge in [-0.2, -0.15) is 0 Å². The van der Waals surface area contributed by atoms with E-state index in [1.807, 2.05) is 29.4 Å². The second-order valence-electron chi connectivity index (χ2n) is 4.04. The number of morpholine rings is 1. The van der Waals surface area contributed by atoms with Gasteiger partial charge in [-0.05, 0) is 30.0 Å². The molecule has 1 saturated heterocycles. The summed E-state index contributed by atoms with van der Waals surface area (Å²) in [5, 5.41) is 0. The second kappa shape index (κ2) is 6.61. The van der Waals surface area contributed by atoms with Gasteiger partial charge >= 0.3 is 0 Å². The molecular weight excluding hydrogens is 246 g/mol. The summed E-state index contributed by atoms with van der Waals surface area (Å²) in [6, 6.07) is 8.16. The Hall–Kier alpha value is -1.26. The van der Waals surface area contributed by atoms with Crippen molar-refractivity contribution < 1.29 is 9.53 Å². The largest absolute Gasteiger partial charge is 0.378 e. The lowest BCUT2D eigenvalue weighted by Gasteiger charge is -2.25. The van der Waals surface area contributed by atoms with Crippen molar-refractivity contribution in [1.29, 1.82) is 0 Å². The zero-order chi connectivity index (χ0) is 12.8. The Balaban J connectivity index is 1.94. The Labute approximate surface area is 112 Å². The summed E-state index contributed by atoms with van der Waals surface area (Å²) >= 11 is 1.71. The number of nitrogens with zero attached hydrogens (tertiary/aromatic N) is 1. The number of amides is 1. The van der Waals surface area contributed by atoms with Crippen molar-refractivity contribution in [3.05, 3.63) is 35.9 Å². The molecule has 1 aromatic carbocycles. The first-order valence-electron chi connectivity index (χ1n) is 5.98. The van der Waals surface area contributed by atoms with Gasteiger partial charge in [0, 0.05) is 24.1 Å². The van der Waals surface area contributed by atoms with Crippen LogP contribution in [0.1, 0.15) is 5.56 Å². The molecule has 4 heteroatoms. The number of hydrogen-bond acceptors (Lipinski definition) is 3. The smallest absolute Gasteiger partial charge is 0.246 e. The maximum atomic E-state index is 11.9. The lowest BCUT2D eigenvalue weighted by Crippen LogP contribution is -2.39. The maximum absolute atomic E-state index is 11.9. The van der Waals surface area contributed by atoms with E-state index in [4.69, 9.17) is 4.74 Å². The van der Waals surface area contributed by atoms with E-state index in [0.29, 0.717) is 26.3 Å². The van der Waals surface area contributed by atoms with Crippen LogP contribution in [0.3, 0.4) is 0 Å². The maximum Gasteiger partial charge on any atom is 0.246 e. The van der Waals surface area contributed by atoms with E-state index in [1.165, 1.54) is 4.90 Å². The molecule has 18 heavy (non-hydrogen) atoms. The van der Waals surface area contributed by atoms with Gasteiger partial charge in [0.15, 0.2) is 0 Å². The number of carbonyl (C=O) groups excluding carboxylic acids is 1. The number of benzene rings is 1. The fourth-order valence-corrected chi connectivity index (χ4v) is 2.18. The van der Waals surface area contributed by atoms with Crippen LogP contribution in [0.4, 0.5) is 0 Å². The number of rotatable bonds is 3. The zero-order valence-corrected chi connectivity index (χ0v) is 11.3. The Kier molecular flexibility index (Phi) is 4.84. The minimum atomic E-state index is 0.0623. The first-order chi connectivity index (χ1) is 8.79. The van der Waals surface area contributed by atoms with Crippen molar-refractivity contribution in [2.24, 2.45) is 0 Å². The Morgan fingerprint density at radius 2 is 1.94 bits per heavy atom. The fourth-order valence-electron chi connectivity index (χ4n) is 1.77. The predicted molar refractivity (Wildman–Crippen MR) is 74.7 cm³/mol. The molecule has 3 nitrogen and oxygen atoms in total. The first-order valence-corrected chi connectivity index (χ1v) is 7.21. The topological polar surface area (TPSA) is 29.5 Å². The molecule has 1 aliphatic rings. The number of carbonyl (C=O) groups is 1. The van der Waals surface area contributed by atoms with Crippen LogP contribution in [0.2, 0.25) is 0 Å². The molecule has 0 N–H and O–H groups in total. The quantitative estimate of drug-likeness (QED) is 0.619. The highest BCUT2D eigenvalue weighted by atomic mass is 32.2. The van der Waals surface area contributed by atoms with Crippen LogP contribution in [0.25, 0.3) is 6.08 Å². The molecule has 2 rings (SSSR count). The molecule has 96 valence electrons. The van der Waals surface area contributed by atoms with E-state index >= 15 is 0 Å². The van der Waals surface area contributed by atoms with E-state index < -0.39 is 0 Å². The van der Waals surface area contributed by atoms with Crippen LogP contribution in [-0.4, -0.2) is 43.4 Å². The fraction of sp³-hybridized carbons (Fsp3) is 0.357. The lowest BCUT2D eigenvalue weighted by molar-refractivity contribution is -0.129. The highest BCUT2D eigenvalue weighted by molar-refractivity contribution is 7.98. The lowest BCUT2D eigenvalue weighted by atomic mass is 10.2. The molecule has 0 spiro atoms. The number of ether oxygens (including phenoxy) is 1. The average Bonchev–Trinajstić information content (AvgIpc) is 2.46. The Morgan fingerprint density at radius 1 is 1.28 bits per heavy atom. The van der Waals surface area contributed by atoms with Crippen molar-refractivity contribution in [3.63, 3.8) is 0 Å². The molecule has 0 atom stereocenters. The summed E-state index contributed by atoms with van der Waals surface area (Å²) in [6.45, 7) is 2.66. The van der Waals surface area contributed by atoms with Crippen LogP contribution in [0.15, 0.2) is 35.2 Å². The molecule has 0 aromatic heterocycles. The van der Waals surface area contributed by atoms with Crippen molar-refractivity contribution in [3.8, 4) is 0 Å². The SMILES string of the molecule is CSc1ccc(/C=C/C(=O)N2CCOCC2)cc1. The van der Waals surface area contributed by atoms with Gasteiger partial charge in [0.2, 0.25) is 5.91 Å². The third-order valence-electron chi connectivity index (χ3n) is 2.86. The van der Waals surface area contributed by atoms with Gasteiger partial charge in [0.25, 0.3) is 0 Å². The van der Waals surface area contributed by atoms with Crippen molar-refractivity contribution >= 4 is 23.7 Å². The van der Waals surface area contributed by atoms with Crippen LogP contribution >= 0.6 is 11.8 Å². The molecule has 0 aliphatic carbocycles. The predicted octanol–water partition coefficient (Wildman–Crippen LogP) is 2.28. The van der Waals surface area contributed by atoms with Crippen LogP contribution in [0.5, 0.6) is 0 Å². The van der Waals surface area contributed by atoms with Crippen LogP contribution in [0, 0.1) is 0 Å². The van der Waals surface area contributed by atoms with Crippen molar-refractivity contribution in [1.82, 2.24) is 4.90 Å². The average molecular weight is 263 g/mol. The molecule has 0 unspecified atom stereocenters. The standard InChI is InChI=1S/C14H17NO2S/c1-18-13-5-2-12(3-6-13)4-7-14(16)15-8-10-17-11-9-15/h2-7H,8-11H2,1H3/b7-4+. The minimum absolute atomic E-state index is 0.0623. The molecule has 1 aromatic rings. The van der Waals surface area contributed by atoms with E-state index in [-0.39, 0.29) is 5.91 Å².